The monoisotopic (exact) mass is 234 g/mol. The molecule has 0 bridgehead atoms. The summed E-state index contributed by atoms with van der Waals surface area (Å²) < 4.78 is 35.9. The van der Waals surface area contributed by atoms with Crippen LogP contribution in [0.3, 0.4) is 0 Å². The van der Waals surface area contributed by atoms with E-state index >= 15 is 0 Å². The van der Waals surface area contributed by atoms with Crippen LogP contribution >= 0.6 is 0 Å². The van der Waals surface area contributed by atoms with E-state index in [1.807, 2.05) is 0 Å². The minimum atomic E-state index is -4.15. The third kappa shape index (κ3) is 4.01. The molecule has 0 saturated carbocycles. The Morgan fingerprint density at radius 2 is 2.00 bits per heavy atom. The molecule has 0 aliphatic rings. The van der Waals surface area contributed by atoms with Gasteiger partial charge in [-0.2, -0.15) is 18.3 Å². The minimum Gasteiger partial charge on any atom is -0.358 e. The third-order valence-corrected chi connectivity index (χ3v) is 2.04. The molecule has 0 aliphatic heterocycles. The molecule has 1 aromatic rings. The van der Waals surface area contributed by atoms with Gasteiger partial charge in [-0.15, -0.1) is 5.10 Å². The average Bonchev–Trinajstić information content (AvgIpc) is 2.25. The summed E-state index contributed by atoms with van der Waals surface area (Å²) >= 11 is 0. The fourth-order valence-corrected chi connectivity index (χ4v) is 1.07. The molecule has 0 spiro atoms. The molecule has 0 amide bonds. The van der Waals surface area contributed by atoms with Crippen LogP contribution < -0.4 is 10.6 Å². The van der Waals surface area contributed by atoms with Gasteiger partial charge in [0.1, 0.15) is 0 Å². The van der Waals surface area contributed by atoms with Crippen LogP contribution in [0.2, 0.25) is 0 Å². The lowest BCUT2D eigenvalue weighted by Crippen LogP contribution is -2.25. The Labute approximate surface area is 91.3 Å². The molecule has 2 N–H and O–H groups in total. The second-order valence-electron chi connectivity index (χ2n) is 3.37. The molecular formula is C9H13F3N4. The summed E-state index contributed by atoms with van der Waals surface area (Å²) in [6.07, 6.45) is -5.03. The van der Waals surface area contributed by atoms with Gasteiger partial charge in [-0.1, -0.05) is 0 Å². The number of nitrogens with zero attached hydrogens (tertiary/aromatic N) is 3. The van der Waals surface area contributed by atoms with Crippen molar-refractivity contribution < 1.29 is 13.2 Å². The molecule has 0 atom stereocenters. The van der Waals surface area contributed by atoms with E-state index < -0.39 is 12.6 Å². The van der Waals surface area contributed by atoms with Crippen molar-refractivity contribution in [3.8, 4) is 0 Å². The zero-order valence-corrected chi connectivity index (χ0v) is 8.83. The van der Waals surface area contributed by atoms with Crippen LogP contribution in [-0.4, -0.2) is 30.0 Å². The molecule has 0 unspecified atom stereocenters. The average molecular weight is 234 g/mol. The van der Waals surface area contributed by atoms with E-state index in [4.69, 9.17) is 5.73 Å². The summed E-state index contributed by atoms with van der Waals surface area (Å²) in [6, 6.07) is 3.25. The SMILES string of the molecule is CN(CCC(F)(F)F)c1ccc(CN)nn1. The standard InChI is InChI=1S/C9H13F3N4/c1-16(5-4-9(10,11)12)8-3-2-7(6-13)14-15-8/h2-3H,4-6,13H2,1H3. The highest BCUT2D eigenvalue weighted by atomic mass is 19.4. The summed E-state index contributed by atoms with van der Waals surface area (Å²) in [7, 11) is 1.54. The number of halogens is 3. The maximum Gasteiger partial charge on any atom is 0.390 e. The van der Waals surface area contributed by atoms with Gasteiger partial charge in [0.25, 0.3) is 0 Å². The molecule has 0 radical (unpaired) electrons. The van der Waals surface area contributed by atoms with E-state index in [0.29, 0.717) is 11.5 Å². The Hall–Kier alpha value is -1.37. The molecule has 1 heterocycles. The molecular weight excluding hydrogens is 221 g/mol. The molecule has 0 aromatic carbocycles. The van der Waals surface area contributed by atoms with Crippen molar-refractivity contribution in [1.29, 1.82) is 0 Å². The van der Waals surface area contributed by atoms with Crippen molar-refractivity contribution in [3.05, 3.63) is 17.8 Å². The number of alkyl halides is 3. The van der Waals surface area contributed by atoms with Gasteiger partial charge in [0, 0.05) is 20.1 Å². The lowest BCUT2D eigenvalue weighted by Gasteiger charge is -2.18. The minimum absolute atomic E-state index is 0.139. The predicted molar refractivity (Wildman–Crippen MR) is 53.9 cm³/mol. The highest BCUT2D eigenvalue weighted by molar-refractivity contribution is 5.35. The maximum absolute atomic E-state index is 12.0. The van der Waals surface area contributed by atoms with Crippen molar-refractivity contribution in [2.75, 3.05) is 18.5 Å². The van der Waals surface area contributed by atoms with E-state index in [-0.39, 0.29) is 13.1 Å². The molecule has 0 fully saturated rings. The summed E-state index contributed by atoms with van der Waals surface area (Å²) in [5.41, 5.74) is 5.93. The number of hydrogen-bond acceptors (Lipinski definition) is 4. The zero-order chi connectivity index (χ0) is 12.2. The van der Waals surface area contributed by atoms with Gasteiger partial charge in [0.05, 0.1) is 12.1 Å². The fourth-order valence-electron chi connectivity index (χ4n) is 1.07. The quantitative estimate of drug-likeness (QED) is 0.853. The van der Waals surface area contributed by atoms with Gasteiger partial charge in [0.2, 0.25) is 0 Å². The fraction of sp³-hybridized carbons (Fsp3) is 0.556. The van der Waals surface area contributed by atoms with Gasteiger partial charge in [-0.25, -0.2) is 0 Å². The Balaban J connectivity index is 2.56. The lowest BCUT2D eigenvalue weighted by molar-refractivity contribution is -0.132. The molecule has 16 heavy (non-hydrogen) atoms. The zero-order valence-electron chi connectivity index (χ0n) is 8.83. The van der Waals surface area contributed by atoms with Gasteiger partial charge in [-0.3, -0.25) is 0 Å². The van der Waals surface area contributed by atoms with Crippen LogP contribution in [0.4, 0.5) is 19.0 Å². The van der Waals surface area contributed by atoms with E-state index in [0.717, 1.165) is 0 Å². The topological polar surface area (TPSA) is 55.0 Å². The van der Waals surface area contributed by atoms with Crippen LogP contribution in [0, 0.1) is 0 Å². The van der Waals surface area contributed by atoms with Crippen LogP contribution in [0.1, 0.15) is 12.1 Å². The highest BCUT2D eigenvalue weighted by Gasteiger charge is 2.27. The van der Waals surface area contributed by atoms with Crippen LogP contribution in [0.5, 0.6) is 0 Å². The summed E-state index contributed by atoms with van der Waals surface area (Å²) in [4.78, 5) is 1.40. The number of aromatic nitrogens is 2. The second kappa shape index (κ2) is 5.11. The number of anilines is 1. The predicted octanol–water partition coefficient (Wildman–Crippen LogP) is 1.32. The van der Waals surface area contributed by atoms with Crippen molar-refractivity contribution in [2.24, 2.45) is 5.73 Å². The largest absolute Gasteiger partial charge is 0.390 e. The normalized spacial score (nSPS) is 11.6. The van der Waals surface area contributed by atoms with E-state index in [1.54, 1.807) is 12.1 Å². The van der Waals surface area contributed by atoms with E-state index in [9.17, 15) is 13.2 Å². The first kappa shape index (κ1) is 12.7. The summed E-state index contributed by atoms with van der Waals surface area (Å²) in [6.45, 7) is 0.125. The van der Waals surface area contributed by atoms with E-state index in [1.165, 1.54) is 11.9 Å². The van der Waals surface area contributed by atoms with Crippen molar-refractivity contribution in [3.63, 3.8) is 0 Å². The Bertz CT molecular complexity index is 323. The summed E-state index contributed by atoms with van der Waals surface area (Å²) in [5, 5.41) is 7.54. The van der Waals surface area contributed by atoms with Crippen LogP contribution in [0.25, 0.3) is 0 Å². The van der Waals surface area contributed by atoms with Crippen molar-refractivity contribution in [2.45, 2.75) is 19.1 Å². The molecule has 4 nitrogen and oxygen atoms in total. The number of hydrogen-bond donors (Lipinski definition) is 1. The molecule has 0 saturated heterocycles. The molecule has 1 aromatic heterocycles. The maximum atomic E-state index is 12.0. The highest BCUT2D eigenvalue weighted by Crippen LogP contribution is 2.20. The first-order chi connectivity index (χ1) is 7.42. The second-order valence-corrected chi connectivity index (χ2v) is 3.37. The Morgan fingerprint density at radius 1 is 1.31 bits per heavy atom. The van der Waals surface area contributed by atoms with Gasteiger partial charge < -0.3 is 10.6 Å². The van der Waals surface area contributed by atoms with Crippen LogP contribution in [-0.2, 0) is 6.54 Å². The number of nitrogens with two attached hydrogens (primary N) is 1. The Morgan fingerprint density at radius 3 is 2.44 bits per heavy atom. The van der Waals surface area contributed by atoms with Gasteiger partial charge in [0.15, 0.2) is 5.82 Å². The van der Waals surface area contributed by atoms with Crippen molar-refractivity contribution >= 4 is 5.82 Å². The lowest BCUT2D eigenvalue weighted by atomic mass is 10.3. The summed E-state index contributed by atoms with van der Waals surface area (Å²) in [5.74, 6) is 0.404. The van der Waals surface area contributed by atoms with Crippen molar-refractivity contribution in [1.82, 2.24) is 10.2 Å². The van der Waals surface area contributed by atoms with Crippen LogP contribution in [0.15, 0.2) is 12.1 Å². The first-order valence-electron chi connectivity index (χ1n) is 4.73. The first-order valence-corrected chi connectivity index (χ1v) is 4.73. The van der Waals surface area contributed by atoms with Gasteiger partial charge in [-0.05, 0) is 12.1 Å². The van der Waals surface area contributed by atoms with E-state index in [2.05, 4.69) is 10.2 Å². The number of rotatable bonds is 4. The smallest absolute Gasteiger partial charge is 0.358 e. The Kier molecular flexibility index (Phi) is 4.05. The molecule has 0 aliphatic carbocycles. The van der Waals surface area contributed by atoms with Gasteiger partial charge >= 0.3 is 6.18 Å². The molecule has 1 rings (SSSR count). The molecule has 7 heteroatoms. The third-order valence-electron chi connectivity index (χ3n) is 2.04. The molecule has 90 valence electrons.